The molecule has 6 atom stereocenters. The molecular weight excluding hydrogens is 695 g/mol. The number of para-hydroxylation sites is 1. The van der Waals surface area contributed by atoms with Crippen LogP contribution in [0, 0.1) is 35.0 Å². The van der Waals surface area contributed by atoms with Gasteiger partial charge in [-0.2, -0.15) is 10.2 Å². The number of allylic oxidation sites excluding steroid dienone is 3. The van der Waals surface area contributed by atoms with Gasteiger partial charge in [0.1, 0.15) is 11.5 Å². The summed E-state index contributed by atoms with van der Waals surface area (Å²) in [6.45, 7) is 1.86. The predicted molar refractivity (Wildman–Crippen MR) is 206 cm³/mol. The van der Waals surface area contributed by atoms with E-state index in [1.165, 1.54) is 9.80 Å². The van der Waals surface area contributed by atoms with E-state index in [0.717, 1.165) is 22.4 Å². The Labute approximate surface area is 318 Å². The average Bonchev–Trinajstić information content (AvgIpc) is 3.56. The van der Waals surface area contributed by atoms with Gasteiger partial charge in [0.15, 0.2) is 0 Å². The molecule has 4 aromatic rings. The lowest BCUT2D eigenvalue weighted by atomic mass is 9.51. The van der Waals surface area contributed by atoms with Crippen molar-refractivity contribution in [2.45, 2.75) is 26.2 Å². The second kappa shape index (κ2) is 12.9. The predicted octanol–water partition coefficient (Wildman–Crippen LogP) is 7.66. The van der Waals surface area contributed by atoms with Crippen molar-refractivity contribution in [3.63, 3.8) is 0 Å². The van der Waals surface area contributed by atoms with Gasteiger partial charge in [0.2, 0.25) is 23.6 Å². The van der Waals surface area contributed by atoms with Gasteiger partial charge in [0.25, 0.3) is 0 Å². The van der Waals surface area contributed by atoms with Gasteiger partial charge in [0.05, 0.1) is 52.2 Å². The Kier molecular flexibility index (Phi) is 8.07. The molecule has 1 N–H and O–H groups in total. The molecule has 3 aliphatic heterocycles. The van der Waals surface area contributed by atoms with Crippen LogP contribution in [0.4, 0.5) is 28.4 Å². The minimum atomic E-state index is -1.18. The maximum atomic E-state index is 14.7. The molecule has 4 aromatic carbocycles. The number of amides is 4. The van der Waals surface area contributed by atoms with Crippen LogP contribution in [0.25, 0.3) is 0 Å². The number of imide groups is 2. The highest BCUT2D eigenvalue weighted by atomic mass is 16.5. The summed E-state index contributed by atoms with van der Waals surface area (Å²) in [4.78, 5) is 62.4. The van der Waals surface area contributed by atoms with Crippen molar-refractivity contribution >= 4 is 52.1 Å². The Morgan fingerprint density at radius 2 is 1.45 bits per heavy atom. The highest BCUT2D eigenvalue weighted by molar-refractivity contribution is 6.25. The molecule has 11 heteroatoms. The van der Waals surface area contributed by atoms with Crippen molar-refractivity contribution in [3.05, 3.63) is 126 Å². The minimum Gasteiger partial charge on any atom is -0.508 e. The summed E-state index contributed by atoms with van der Waals surface area (Å²) in [5.74, 6) is -3.64. The molecule has 0 bridgehead atoms. The van der Waals surface area contributed by atoms with E-state index in [-0.39, 0.29) is 35.8 Å². The molecule has 9 rings (SSSR count). The molecule has 0 spiro atoms. The van der Waals surface area contributed by atoms with Crippen molar-refractivity contribution < 1.29 is 29.0 Å². The SMILES string of the molecule is CN(C)c1ccc(N=Nc2ccc(N3C(=O)C4CC=C5C(CC6C(=O)N(c7ccccc7)C(=O)C6(C)C5C5=COc6ccc(O)cc6C5)C4C3=O)cc2)cc1. The highest BCUT2D eigenvalue weighted by Gasteiger charge is 2.68. The first-order valence-electron chi connectivity index (χ1n) is 18.5. The Bertz CT molecular complexity index is 2350. The molecule has 0 aromatic heterocycles. The lowest BCUT2D eigenvalue weighted by Gasteiger charge is -2.49. The van der Waals surface area contributed by atoms with Crippen molar-refractivity contribution in [3.8, 4) is 11.5 Å². The zero-order valence-electron chi connectivity index (χ0n) is 30.6. The lowest BCUT2D eigenvalue weighted by Crippen LogP contribution is -2.51. The van der Waals surface area contributed by atoms with E-state index >= 15 is 0 Å². The number of carbonyl (C=O) groups is 4. The summed E-state index contributed by atoms with van der Waals surface area (Å²) in [5.41, 5.74) is 4.49. The van der Waals surface area contributed by atoms with Crippen LogP contribution in [0.15, 0.2) is 131 Å². The molecule has 2 saturated heterocycles. The van der Waals surface area contributed by atoms with Gasteiger partial charge in [0, 0.05) is 37.7 Å². The van der Waals surface area contributed by atoms with Crippen LogP contribution in [-0.2, 0) is 25.6 Å². The van der Waals surface area contributed by atoms with E-state index in [0.29, 0.717) is 41.3 Å². The van der Waals surface area contributed by atoms with Crippen molar-refractivity contribution in [2.24, 2.45) is 45.2 Å². The highest BCUT2D eigenvalue weighted by Crippen LogP contribution is 2.63. The summed E-state index contributed by atoms with van der Waals surface area (Å²) in [5, 5.41) is 19.0. The van der Waals surface area contributed by atoms with Gasteiger partial charge in [-0.25, -0.2) is 4.90 Å². The number of hydrogen-bond acceptors (Lipinski definition) is 9. The number of phenolic OH excluding ortho intramolecular Hbond substituents is 1. The van der Waals surface area contributed by atoms with Crippen molar-refractivity contribution in [2.75, 3.05) is 28.8 Å². The largest absolute Gasteiger partial charge is 0.508 e. The zero-order chi connectivity index (χ0) is 38.2. The van der Waals surface area contributed by atoms with Crippen LogP contribution in [-0.4, -0.2) is 42.8 Å². The molecule has 4 amide bonds. The van der Waals surface area contributed by atoms with Crippen LogP contribution >= 0.6 is 0 Å². The Morgan fingerprint density at radius 3 is 2.15 bits per heavy atom. The van der Waals surface area contributed by atoms with Crippen LogP contribution < -0.4 is 19.4 Å². The van der Waals surface area contributed by atoms with Gasteiger partial charge in [-0.15, -0.1) is 0 Å². The molecule has 3 heterocycles. The first-order chi connectivity index (χ1) is 26.5. The van der Waals surface area contributed by atoms with Crippen molar-refractivity contribution in [1.29, 1.82) is 0 Å². The first kappa shape index (κ1) is 34.4. The average molecular weight is 734 g/mol. The number of aromatic hydroxyl groups is 1. The van der Waals surface area contributed by atoms with Gasteiger partial charge >= 0.3 is 0 Å². The third-order valence-electron chi connectivity index (χ3n) is 12.2. The summed E-state index contributed by atoms with van der Waals surface area (Å²) < 4.78 is 6.10. The molecule has 5 aliphatic rings. The molecule has 55 heavy (non-hydrogen) atoms. The molecule has 0 radical (unpaired) electrons. The maximum absolute atomic E-state index is 14.7. The number of ether oxygens (including phenoxy) is 1. The fourth-order valence-electron chi connectivity index (χ4n) is 9.52. The van der Waals surface area contributed by atoms with E-state index in [1.807, 2.05) is 62.3 Å². The number of anilines is 3. The fourth-order valence-corrected chi connectivity index (χ4v) is 9.52. The van der Waals surface area contributed by atoms with E-state index in [9.17, 15) is 24.3 Å². The van der Waals surface area contributed by atoms with E-state index < -0.39 is 35.0 Å². The standard InChI is InChI=1S/C44H39N5O6/c1-44-36(41(52)49(43(44)54)30-7-5-4-6-8-30)23-35-33(39(44)26-21-25-22-32(50)17-20-37(25)55-24-26)18-19-34-38(35)42(53)48(40(34)51)31-15-11-28(12-16-31)46-45-27-9-13-29(14-10-27)47(2)3/h4-18,20,22,24,34-36,38-39,50H,19,21,23H2,1-3H3. The van der Waals surface area contributed by atoms with Crippen LogP contribution in [0.1, 0.15) is 25.3 Å². The Hall–Kier alpha value is -6.36. The number of rotatable bonds is 6. The summed E-state index contributed by atoms with van der Waals surface area (Å²) in [6.07, 6.45) is 4.65. The zero-order valence-corrected chi connectivity index (χ0v) is 30.6. The van der Waals surface area contributed by atoms with Crippen LogP contribution in [0.2, 0.25) is 0 Å². The summed E-state index contributed by atoms with van der Waals surface area (Å²) in [6, 6.07) is 28.4. The minimum absolute atomic E-state index is 0.0949. The molecule has 276 valence electrons. The topological polar surface area (TPSA) is 132 Å². The van der Waals surface area contributed by atoms with Gasteiger partial charge in [-0.3, -0.25) is 24.1 Å². The molecular formula is C44H39N5O6. The molecule has 6 unspecified atom stereocenters. The number of nitrogens with zero attached hydrogens (tertiary/aromatic N) is 5. The summed E-state index contributed by atoms with van der Waals surface area (Å²) >= 11 is 0. The van der Waals surface area contributed by atoms with Gasteiger partial charge in [-0.05, 0) is 110 Å². The lowest BCUT2D eigenvalue weighted by molar-refractivity contribution is -0.132. The summed E-state index contributed by atoms with van der Waals surface area (Å²) in [7, 11) is 3.94. The van der Waals surface area contributed by atoms with Crippen molar-refractivity contribution in [1.82, 2.24) is 0 Å². The quantitative estimate of drug-likeness (QED) is 0.122. The number of hydrogen-bond donors (Lipinski definition) is 1. The smallest absolute Gasteiger partial charge is 0.241 e. The number of azo groups is 1. The second-order valence-electron chi connectivity index (χ2n) is 15.4. The number of fused-ring (bicyclic) bond motifs is 5. The number of benzene rings is 4. The fraction of sp³-hybridized carbons (Fsp3) is 0.273. The van der Waals surface area contributed by atoms with E-state index in [4.69, 9.17) is 4.74 Å². The van der Waals surface area contributed by atoms with Crippen LogP contribution in [0.3, 0.4) is 0 Å². The first-order valence-corrected chi connectivity index (χ1v) is 18.5. The van der Waals surface area contributed by atoms with Gasteiger partial charge < -0.3 is 14.7 Å². The molecule has 2 aliphatic carbocycles. The van der Waals surface area contributed by atoms with Crippen LogP contribution in [0.5, 0.6) is 11.5 Å². The maximum Gasteiger partial charge on any atom is 0.241 e. The second-order valence-corrected chi connectivity index (χ2v) is 15.4. The number of phenols is 1. The molecule has 11 nitrogen and oxygen atoms in total. The molecule has 1 saturated carbocycles. The third-order valence-corrected chi connectivity index (χ3v) is 12.2. The van der Waals surface area contributed by atoms with E-state index in [2.05, 4.69) is 10.2 Å². The normalized spacial score (nSPS) is 26.9. The monoisotopic (exact) mass is 733 g/mol. The van der Waals surface area contributed by atoms with E-state index in [1.54, 1.807) is 73.0 Å². The third kappa shape index (κ3) is 5.39. The Balaban J connectivity index is 1.05. The van der Waals surface area contributed by atoms with Gasteiger partial charge in [-0.1, -0.05) is 29.8 Å². The Morgan fingerprint density at radius 1 is 0.782 bits per heavy atom. The number of carbonyl (C=O) groups excluding carboxylic acids is 4. The molecule has 3 fully saturated rings.